The van der Waals surface area contributed by atoms with E-state index >= 15 is 0 Å². The van der Waals surface area contributed by atoms with Gasteiger partial charge in [-0.1, -0.05) is 0 Å². The van der Waals surface area contributed by atoms with Crippen molar-refractivity contribution in [1.29, 1.82) is 5.26 Å². The second kappa shape index (κ2) is 7.91. The maximum absolute atomic E-state index is 12.7. The molecule has 0 saturated heterocycles. The normalized spacial score (nSPS) is 10.7. The van der Waals surface area contributed by atoms with Gasteiger partial charge in [0.15, 0.2) is 6.61 Å². The van der Waals surface area contributed by atoms with Gasteiger partial charge < -0.3 is 10.2 Å². The van der Waals surface area contributed by atoms with Crippen molar-refractivity contribution in [3.05, 3.63) is 52.4 Å². The van der Waals surface area contributed by atoms with Crippen LogP contribution in [-0.2, 0) is 4.79 Å². The molecule has 0 unspecified atom stereocenters. The van der Waals surface area contributed by atoms with Crippen molar-refractivity contribution in [3.63, 3.8) is 0 Å². The molecule has 0 atom stereocenters. The van der Waals surface area contributed by atoms with Crippen LogP contribution in [0.25, 0.3) is 5.57 Å². The Balaban J connectivity index is 1.80. The Bertz CT molecular complexity index is 750. The summed E-state index contributed by atoms with van der Waals surface area (Å²) in [5.74, 6) is -0.443. The highest BCUT2D eigenvalue weighted by molar-refractivity contribution is 7.10. The number of nitrogens with one attached hydrogen (secondary N) is 2. The van der Waals surface area contributed by atoms with E-state index < -0.39 is 5.91 Å². The first-order valence-corrected chi connectivity index (χ1v) is 7.42. The van der Waals surface area contributed by atoms with Gasteiger partial charge in [-0.05, 0) is 31.2 Å². The van der Waals surface area contributed by atoms with Crippen LogP contribution in [0.3, 0.4) is 0 Å². The van der Waals surface area contributed by atoms with Crippen molar-refractivity contribution in [3.8, 4) is 11.8 Å². The number of thiazole rings is 1. The van der Waals surface area contributed by atoms with Gasteiger partial charge in [0.1, 0.15) is 28.2 Å². The van der Waals surface area contributed by atoms with Gasteiger partial charge in [0.2, 0.25) is 0 Å². The Morgan fingerprint density at radius 3 is 2.83 bits per heavy atom. The number of hydrogen-bond donors (Lipinski definition) is 2. The van der Waals surface area contributed by atoms with E-state index in [2.05, 4.69) is 15.8 Å². The lowest BCUT2D eigenvalue weighted by Gasteiger charge is -2.07. The molecule has 0 radical (unpaired) electrons. The Hall–Kier alpha value is -2.92. The van der Waals surface area contributed by atoms with E-state index in [0.717, 1.165) is 5.69 Å². The molecule has 2 N–H and O–H groups in total. The predicted octanol–water partition coefficient (Wildman–Crippen LogP) is 2.15. The molecule has 0 bridgehead atoms. The highest BCUT2D eigenvalue weighted by Crippen LogP contribution is 2.17. The maximum Gasteiger partial charge on any atom is 0.276 e. The van der Waals surface area contributed by atoms with Gasteiger partial charge in [-0.3, -0.25) is 10.2 Å². The molecule has 0 saturated carbocycles. The van der Waals surface area contributed by atoms with Crippen LogP contribution in [0.1, 0.15) is 10.7 Å². The molecule has 1 aromatic heterocycles. The molecule has 1 aromatic carbocycles. The Morgan fingerprint density at radius 1 is 1.48 bits per heavy atom. The lowest BCUT2D eigenvalue weighted by atomic mass is 10.3. The van der Waals surface area contributed by atoms with E-state index in [1.54, 1.807) is 0 Å². The van der Waals surface area contributed by atoms with Gasteiger partial charge >= 0.3 is 0 Å². The molecule has 1 heterocycles. The number of aromatic nitrogens is 1. The van der Waals surface area contributed by atoms with Crippen LogP contribution < -0.4 is 15.6 Å². The summed E-state index contributed by atoms with van der Waals surface area (Å²) in [6.07, 6.45) is 1.36. The molecule has 6 nitrogen and oxygen atoms in total. The van der Waals surface area contributed by atoms with E-state index in [1.807, 2.05) is 18.4 Å². The molecule has 118 valence electrons. The number of rotatable bonds is 6. The average molecular weight is 332 g/mol. The van der Waals surface area contributed by atoms with Crippen LogP contribution in [-0.4, -0.2) is 17.5 Å². The fraction of sp³-hybridized carbons (Fsp3) is 0.133. The summed E-state index contributed by atoms with van der Waals surface area (Å²) in [5.41, 5.74) is 6.03. The van der Waals surface area contributed by atoms with E-state index in [1.165, 1.54) is 41.8 Å². The Kier molecular flexibility index (Phi) is 5.66. The smallest absolute Gasteiger partial charge is 0.276 e. The molecule has 2 rings (SSSR count). The van der Waals surface area contributed by atoms with Crippen molar-refractivity contribution >= 4 is 22.8 Å². The van der Waals surface area contributed by atoms with Gasteiger partial charge in [0.05, 0.1) is 0 Å². The summed E-state index contributed by atoms with van der Waals surface area (Å²) in [4.78, 5) is 15.8. The number of halogens is 1. The van der Waals surface area contributed by atoms with Crippen molar-refractivity contribution in [1.82, 2.24) is 15.8 Å². The summed E-state index contributed by atoms with van der Waals surface area (Å²) in [6, 6.07) is 7.33. The molecule has 0 aliphatic heterocycles. The monoisotopic (exact) mass is 332 g/mol. The van der Waals surface area contributed by atoms with Crippen LogP contribution >= 0.6 is 11.3 Å². The number of aryl methyl sites for hydroxylation is 1. The number of allylic oxidation sites excluding steroid dienone is 1. The minimum atomic E-state index is -0.446. The topological polar surface area (TPSA) is 87.0 Å². The minimum Gasteiger partial charge on any atom is -0.484 e. The lowest BCUT2D eigenvalue weighted by Crippen LogP contribution is -2.37. The van der Waals surface area contributed by atoms with Crippen molar-refractivity contribution in [2.45, 2.75) is 6.92 Å². The molecule has 0 aliphatic carbocycles. The van der Waals surface area contributed by atoms with Crippen molar-refractivity contribution in [2.75, 3.05) is 6.61 Å². The molecule has 0 aliphatic rings. The highest BCUT2D eigenvalue weighted by atomic mass is 32.1. The minimum absolute atomic E-state index is 0.245. The fourth-order valence-electron chi connectivity index (χ4n) is 1.52. The molecule has 0 fully saturated rings. The van der Waals surface area contributed by atoms with Gasteiger partial charge in [-0.25, -0.2) is 9.37 Å². The third-order valence-corrected chi connectivity index (χ3v) is 3.57. The fourth-order valence-corrected chi connectivity index (χ4v) is 2.29. The number of amides is 1. The van der Waals surface area contributed by atoms with Gasteiger partial charge in [-0.15, -0.1) is 11.3 Å². The Morgan fingerprint density at radius 2 is 2.22 bits per heavy atom. The summed E-state index contributed by atoms with van der Waals surface area (Å²) in [7, 11) is 0. The second-order valence-electron chi connectivity index (χ2n) is 4.40. The number of carbonyl (C=O) groups excluding carboxylic acids is 1. The average Bonchev–Trinajstić information content (AvgIpc) is 2.97. The van der Waals surface area contributed by atoms with Gasteiger partial charge in [0, 0.05) is 17.3 Å². The molecule has 8 heteroatoms. The number of hydrogen-bond acceptors (Lipinski definition) is 6. The van der Waals surface area contributed by atoms with Gasteiger partial charge in [-0.2, -0.15) is 5.26 Å². The Labute approximate surface area is 136 Å². The summed E-state index contributed by atoms with van der Waals surface area (Å²) in [6.45, 7) is 1.59. The van der Waals surface area contributed by atoms with E-state index in [0.29, 0.717) is 16.3 Å². The van der Waals surface area contributed by atoms with E-state index in [9.17, 15) is 9.18 Å². The third-order valence-electron chi connectivity index (χ3n) is 2.58. The predicted molar refractivity (Wildman–Crippen MR) is 83.6 cm³/mol. The van der Waals surface area contributed by atoms with Crippen LogP contribution in [0.2, 0.25) is 0 Å². The summed E-state index contributed by atoms with van der Waals surface area (Å²) >= 11 is 1.34. The molecule has 23 heavy (non-hydrogen) atoms. The van der Waals surface area contributed by atoms with E-state index in [-0.39, 0.29) is 12.4 Å². The van der Waals surface area contributed by atoms with Crippen LogP contribution in [0.5, 0.6) is 5.75 Å². The number of carbonyl (C=O) groups is 1. The zero-order chi connectivity index (χ0) is 16.7. The van der Waals surface area contributed by atoms with Crippen molar-refractivity contribution in [2.24, 2.45) is 0 Å². The SMILES string of the molecule is Cc1csc(/C(C#N)=C/NNC(=O)COc2ccc(F)cc2)n1. The summed E-state index contributed by atoms with van der Waals surface area (Å²) in [5, 5.41) is 11.5. The number of ether oxygens (including phenoxy) is 1. The largest absolute Gasteiger partial charge is 0.484 e. The maximum atomic E-state index is 12.7. The third kappa shape index (κ3) is 5.09. The van der Waals surface area contributed by atoms with E-state index in [4.69, 9.17) is 10.00 Å². The number of nitrogens with zero attached hydrogens (tertiary/aromatic N) is 2. The molecule has 0 spiro atoms. The zero-order valence-corrected chi connectivity index (χ0v) is 13.0. The summed E-state index contributed by atoms with van der Waals surface area (Å²) < 4.78 is 17.9. The number of benzene rings is 1. The second-order valence-corrected chi connectivity index (χ2v) is 5.26. The lowest BCUT2D eigenvalue weighted by molar-refractivity contribution is -0.123. The van der Waals surface area contributed by atoms with Gasteiger partial charge in [0.25, 0.3) is 5.91 Å². The molecule has 1 amide bonds. The standard InChI is InChI=1S/C15H13FN4O2S/c1-10-9-23-15(19-10)11(6-17)7-18-20-14(21)8-22-13-4-2-12(16)3-5-13/h2-5,7,9,18H,8H2,1H3,(H,20,21)/b11-7+. The highest BCUT2D eigenvalue weighted by Gasteiger charge is 2.06. The first-order chi connectivity index (χ1) is 11.1. The van der Waals surface area contributed by atoms with Crippen LogP contribution in [0.4, 0.5) is 4.39 Å². The first kappa shape index (κ1) is 16.5. The number of hydrazine groups is 1. The van der Waals surface area contributed by atoms with Crippen LogP contribution in [0, 0.1) is 24.1 Å². The molecule has 2 aromatic rings. The zero-order valence-electron chi connectivity index (χ0n) is 12.2. The van der Waals surface area contributed by atoms with Crippen molar-refractivity contribution < 1.29 is 13.9 Å². The molecular formula is C15H13FN4O2S. The molecular weight excluding hydrogens is 319 g/mol. The number of nitriles is 1. The first-order valence-electron chi connectivity index (χ1n) is 6.54. The van der Waals surface area contributed by atoms with Crippen LogP contribution in [0.15, 0.2) is 35.8 Å². The quantitative estimate of drug-likeness (QED) is 0.625.